The Hall–Kier alpha value is -3.22. The van der Waals surface area contributed by atoms with Crippen LogP contribution in [0, 0.1) is 0 Å². The molecule has 2 aromatic heterocycles. The van der Waals surface area contributed by atoms with E-state index in [1.54, 1.807) is 24.5 Å². The van der Waals surface area contributed by atoms with Crippen molar-refractivity contribution in [1.82, 2.24) is 19.5 Å². The van der Waals surface area contributed by atoms with Crippen molar-refractivity contribution >= 4 is 11.6 Å². The third kappa shape index (κ3) is 3.03. The molecule has 0 aliphatic carbocycles. The van der Waals surface area contributed by atoms with E-state index in [2.05, 4.69) is 25.8 Å². The summed E-state index contributed by atoms with van der Waals surface area (Å²) in [6.45, 7) is 0. The first kappa shape index (κ1) is 12.8. The number of rotatable bonds is 4. The Morgan fingerprint density at radius 2 is 1.86 bits per heavy atom. The lowest BCUT2D eigenvalue weighted by Crippen LogP contribution is -2.24. The van der Waals surface area contributed by atoms with Gasteiger partial charge in [-0.1, -0.05) is 18.2 Å². The third-order valence-corrected chi connectivity index (χ3v) is 2.72. The number of hydrazine groups is 1. The van der Waals surface area contributed by atoms with E-state index in [1.165, 1.54) is 10.9 Å². The summed E-state index contributed by atoms with van der Waals surface area (Å²) in [6, 6.07) is 13.0. The molecule has 7 heteroatoms. The predicted molar refractivity (Wildman–Crippen MR) is 79.1 cm³/mol. The molecular formula is C14H12N6O. The fraction of sp³-hybridized carbons (Fsp3) is 0. The number of hydrogen-bond acceptors (Lipinski definition) is 6. The maximum atomic E-state index is 12.0. The van der Waals surface area contributed by atoms with Crippen LogP contribution in [-0.4, -0.2) is 19.5 Å². The average Bonchev–Trinajstić information content (AvgIpc) is 2.55. The number of aromatic nitrogens is 4. The predicted octanol–water partition coefficient (Wildman–Crippen LogP) is 1.46. The number of nitrogens with zero attached hydrogens (tertiary/aromatic N) is 4. The molecule has 0 saturated heterocycles. The van der Waals surface area contributed by atoms with Gasteiger partial charge in [-0.15, -0.1) is 0 Å². The van der Waals surface area contributed by atoms with Crippen LogP contribution < -0.4 is 16.5 Å². The first-order valence-electron chi connectivity index (χ1n) is 6.26. The lowest BCUT2D eigenvalue weighted by Gasteiger charge is -2.08. The van der Waals surface area contributed by atoms with E-state index in [0.29, 0.717) is 5.69 Å². The van der Waals surface area contributed by atoms with Gasteiger partial charge in [-0.2, -0.15) is 4.98 Å². The van der Waals surface area contributed by atoms with Crippen LogP contribution in [0.4, 0.5) is 11.6 Å². The zero-order valence-electron chi connectivity index (χ0n) is 11.0. The van der Waals surface area contributed by atoms with Crippen LogP contribution in [0.25, 0.3) is 5.69 Å². The van der Waals surface area contributed by atoms with Gasteiger partial charge in [-0.3, -0.25) is 15.8 Å². The van der Waals surface area contributed by atoms with Crippen LogP contribution in [0.1, 0.15) is 0 Å². The molecule has 1 aromatic carbocycles. The molecule has 0 saturated carbocycles. The minimum absolute atomic E-state index is 0.198. The quantitative estimate of drug-likeness (QED) is 0.704. The zero-order valence-corrected chi connectivity index (χ0v) is 11.0. The van der Waals surface area contributed by atoms with Crippen LogP contribution >= 0.6 is 0 Å². The van der Waals surface area contributed by atoms with Crippen LogP contribution in [0.15, 0.2) is 66.0 Å². The first-order valence-corrected chi connectivity index (χ1v) is 6.26. The molecule has 0 fully saturated rings. The molecule has 0 aliphatic heterocycles. The summed E-state index contributed by atoms with van der Waals surface area (Å²) in [5.74, 6) is 0.198. The van der Waals surface area contributed by atoms with Crippen LogP contribution in [0.5, 0.6) is 0 Å². The second kappa shape index (κ2) is 5.83. The summed E-state index contributed by atoms with van der Waals surface area (Å²) in [4.78, 5) is 23.9. The Morgan fingerprint density at radius 1 is 1.00 bits per heavy atom. The fourth-order valence-electron chi connectivity index (χ4n) is 1.72. The lowest BCUT2D eigenvalue weighted by atomic mass is 10.3. The van der Waals surface area contributed by atoms with Crippen molar-refractivity contribution in [2.75, 3.05) is 10.9 Å². The fourth-order valence-corrected chi connectivity index (χ4v) is 1.72. The van der Waals surface area contributed by atoms with Crippen molar-refractivity contribution in [3.05, 3.63) is 71.7 Å². The summed E-state index contributed by atoms with van der Waals surface area (Å²) >= 11 is 0. The van der Waals surface area contributed by atoms with Crippen molar-refractivity contribution in [1.29, 1.82) is 0 Å². The largest absolute Gasteiger partial charge is 0.356 e. The zero-order chi connectivity index (χ0) is 14.5. The van der Waals surface area contributed by atoms with Gasteiger partial charge in [0.1, 0.15) is 6.33 Å². The number of benzene rings is 1. The molecule has 0 bridgehead atoms. The van der Waals surface area contributed by atoms with E-state index in [4.69, 9.17) is 0 Å². The van der Waals surface area contributed by atoms with E-state index in [9.17, 15) is 4.79 Å². The standard InChI is InChI=1S/C14H12N6O/c21-14-17-13(19-18-11-5-2-1-3-6-11)16-10-20(14)12-7-4-8-15-9-12/h1-10,18H,(H,17,19,21). The van der Waals surface area contributed by atoms with E-state index in [-0.39, 0.29) is 5.95 Å². The van der Waals surface area contributed by atoms with Gasteiger partial charge in [0.15, 0.2) is 0 Å². The molecule has 3 rings (SSSR count). The molecule has 0 spiro atoms. The number of para-hydroxylation sites is 1. The van der Waals surface area contributed by atoms with Crippen LogP contribution in [0.3, 0.4) is 0 Å². The summed E-state index contributed by atoms with van der Waals surface area (Å²) in [6.07, 6.45) is 4.61. The minimum atomic E-state index is -0.435. The highest BCUT2D eigenvalue weighted by Gasteiger charge is 2.03. The molecule has 0 amide bonds. The molecule has 0 radical (unpaired) electrons. The van der Waals surface area contributed by atoms with Crippen LogP contribution in [0.2, 0.25) is 0 Å². The number of pyridine rings is 1. The Morgan fingerprint density at radius 3 is 2.57 bits per heavy atom. The molecule has 104 valence electrons. The van der Waals surface area contributed by atoms with Gasteiger partial charge in [0.2, 0.25) is 5.95 Å². The third-order valence-electron chi connectivity index (χ3n) is 2.72. The molecule has 0 aliphatic rings. The van der Waals surface area contributed by atoms with Gasteiger partial charge >= 0.3 is 5.69 Å². The van der Waals surface area contributed by atoms with Gasteiger partial charge in [0.05, 0.1) is 17.6 Å². The molecule has 0 atom stereocenters. The monoisotopic (exact) mass is 280 g/mol. The van der Waals surface area contributed by atoms with Crippen LogP contribution in [-0.2, 0) is 0 Å². The summed E-state index contributed by atoms with van der Waals surface area (Å²) in [5, 5.41) is 0. The Labute approximate surface area is 120 Å². The molecule has 3 aromatic rings. The van der Waals surface area contributed by atoms with Crippen molar-refractivity contribution in [2.45, 2.75) is 0 Å². The Balaban J connectivity index is 1.77. The van der Waals surface area contributed by atoms with E-state index in [1.807, 2.05) is 30.3 Å². The molecule has 21 heavy (non-hydrogen) atoms. The van der Waals surface area contributed by atoms with E-state index in [0.717, 1.165) is 5.69 Å². The number of hydrogen-bond donors (Lipinski definition) is 2. The minimum Gasteiger partial charge on any atom is -0.298 e. The maximum Gasteiger partial charge on any atom is 0.356 e. The molecule has 2 N–H and O–H groups in total. The topological polar surface area (TPSA) is 84.7 Å². The summed E-state index contributed by atoms with van der Waals surface area (Å²) in [5.41, 5.74) is 6.72. The van der Waals surface area contributed by atoms with Gasteiger partial charge in [-0.05, 0) is 24.3 Å². The normalized spacial score (nSPS) is 10.1. The SMILES string of the molecule is O=c1nc(NNc2ccccc2)ncn1-c1cccnc1. The average molecular weight is 280 g/mol. The highest BCUT2D eigenvalue weighted by Crippen LogP contribution is 2.05. The van der Waals surface area contributed by atoms with Gasteiger partial charge in [-0.25, -0.2) is 14.3 Å². The molecular weight excluding hydrogens is 268 g/mol. The lowest BCUT2D eigenvalue weighted by molar-refractivity contribution is 0.857. The van der Waals surface area contributed by atoms with Gasteiger partial charge < -0.3 is 0 Å². The maximum absolute atomic E-state index is 12.0. The van der Waals surface area contributed by atoms with E-state index < -0.39 is 5.69 Å². The van der Waals surface area contributed by atoms with Crippen molar-refractivity contribution in [3.8, 4) is 5.69 Å². The van der Waals surface area contributed by atoms with Gasteiger partial charge in [0, 0.05) is 6.20 Å². The smallest absolute Gasteiger partial charge is 0.298 e. The van der Waals surface area contributed by atoms with E-state index >= 15 is 0 Å². The molecule has 0 unspecified atom stereocenters. The Bertz CT molecular complexity index is 772. The molecule has 7 nitrogen and oxygen atoms in total. The number of anilines is 2. The van der Waals surface area contributed by atoms with Crippen molar-refractivity contribution in [2.24, 2.45) is 0 Å². The summed E-state index contributed by atoms with van der Waals surface area (Å²) in [7, 11) is 0. The number of nitrogens with one attached hydrogen (secondary N) is 2. The second-order valence-corrected chi connectivity index (χ2v) is 4.16. The second-order valence-electron chi connectivity index (χ2n) is 4.16. The molecule has 2 heterocycles. The van der Waals surface area contributed by atoms with Gasteiger partial charge in [0.25, 0.3) is 0 Å². The Kier molecular flexibility index (Phi) is 3.55. The highest BCUT2D eigenvalue weighted by atomic mass is 16.1. The van der Waals surface area contributed by atoms with Crippen molar-refractivity contribution in [3.63, 3.8) is 0 Å². The first-order chi connectivity index (χ1) is 10.3. The highest BCUT2D eigenvalue weighted by molar-refractivity contribution is 5.46. The van der Waals surface area contributed by atoms with Crippen molar-refractivity contribution < 1.29 is 0 Å². The summed E-state index contributed by atoms with van der Waals surface area (Å²) < 4.78 is 1.32.